The van der Waals surface area contributed by atoms with Gasteiger partial charge in [-0.1, -0.05) is 57.7 Å². The number of pyridine rings is 1. The molecule has 4 nitrogen and oxygen atoms in total. The number of aromatic nitrogens is 1. The standard InChI is InChI=1S/C24H35F3N2O2/c1-19(2)18-28-22(30)17-20(3)13-10-8-6-4-5-7-9-11-16-31-23-15-12-14-21(29-23)24(25,26)27/h10,12-15,17,19H,4-9,11,16,18H2,1-3H3,(H,28,30)/b13-10+,20-17+. The van der Waals surface area contributed by atoms with Crippen molar-refractivity contribution in [1.29, 1.82) is 0 Å². The molecule has 0 bridgehead atoms. The van der Waals surface area contributed by atoms with E-state index in [1.54, 1.807) is 6.08 Å². The molecule has 0 saturated heterocycles. The SMILES string of the molecule is CC(/C=C/CCCCCCCCOc1cccc(C(F)(F)F)n1)=C\C(=O)NCC(C)C. The Labute approximate surface area is 184 Å². The minimum Gasteiger partial charge on any atom is -0.478 e. The van der Waals surface area contributed by atoms with Crippen LogP contribution in [0.5, 0.6) is 5.88 Å². The minimum atomic E-state index is -4.45. The lowest BCUT2D eigenvalue weighted by Crippen LogP contribution is -2.25. The molecule has 0 fully saturated rings. The van der Waals surface area contributed by atoms with Crippen molar-refractivity contribution in [2.45, 2.75) is 71.9 Å². The molecule has 0 saturated carbocycles. The smallest absolute Gasteiger partial charge is 0.433 e. The first-order chi connectivity index (χ1) is 14.7. The molecule has 0 aliphatic rings. The van der Waals surface area contributed by atoms with Gasteiger partial charge in [0.1, 0.15) is 5.69 Å². The van der Waals surface area contributed by atoms with Crippen molar-refractivity contribution in [2.24, 2.45) is 5.92 Å². The number of allylic oxidation sites excluding steroid dienone is 3. The maximum Gasteiger partial charge on any atom is 0.433 e. The number of carbonyl (C=O) groups excluding carboxylic acids is 1. The summed E-state index contributed by atoms with van der Waals surface area (Å²) in [7, 11) is 0. The van der Waals surface area contributed by atoms with Crippen LogP contribution in [0.3, 0.4) is 0 Å². The molecule has 0 atom stereocenters. The number of carbonyl (C=O) groups is 1. The molecule has 1 amide bonds. The van der Waals surface area contributed by atoms with Gasteiger partial charge in [0.25, 0.3) is 0 Å². The van der Waals surface area contributed by atoms with E-state index in [1.165, 1.54) is 12.1 Å². The zero-order valence-corrected chi connectivity index (χ0v) is 18.8. The molecule has 0 aliphatic carbocycles. The van der Waals surface area contributed by atoms with Gasteiger partial charge in [-0.3, -0.25) is 4.79 Å². The van der Waals surface area contributed by atoms with E-state index in [9.17, 15) is 18.0 Å². The molecule has 1 aromatic rings. The lowest BCUT2D eigenvalue weighted by atomic mass is 10.1. The number of hydrogen-bond donors (Lipinski definition) is 1. The van der Waals surface area contributed by atoms with Crippen LogP contribution < -0.4 is 10.1 Å². The Balaban J connectivity index is 2.06. The van der Waals surface area contributed by atoms with Gasteiger partial charge in [0, 0.05) is 18.7 Å². The van der Waals surface area contributed by atoms with Gasteiger partial charge in [-0.15, -0.1) is 0 Å². The Morgan fingerprint density at radius 2 is 1.81 bits per heavy atom. The van der Waals surface area contributed by atoms with Crippen LogP contribution in [0.2, 0.25) is 0 Å². The number of rotatable bonds is 14. The van der Waals surface area contributed by atoms with E-state index in [0.717, 1.165) is 56.6 Å². The highest BCUT2D eigenvalue weighted by atomic mass is 19.4. The topological polar surface area (TPSA) is 51.2 Å². The number of alkyl halides is 3. The van der Waals surface area contributed by atoms with Crippen molar-refractivity contribution in [2.75, 3.05) is 13.2 Å². The van der Waals surface area contributed by atoms with Crippen molar-refractivity contribution in [3.05, 3.63) is 47.7 Å². The van der Waals surface area contributed by atoms with Crippen LogP contribution in [0.15, 0.2) is 42.0 Å². The first-order valence-electron chi connectivity index (χ1n) is 11.0. The van der Waals surface area contributed by atoms with E-state index in [2.05, 4.69) is 30.2 Å². The van der Waals surface area contributed by atoms with Gasteiger partial charge in [-0.25, -0.2) is 4.98 Å². The average Bonchev–Trinajstić information content (AvgIpc) is 2.70. The number of amides is 1. The predicted molar refractivity (Wildman–Crippen MR) is 118 cm³/mol. The summed E-state index contributed by atoms with van der Waals surface area (Å²) in [5, 5.41) is 2.86. The Kier molecular flexibility index (Phi) is 12.6. The number of unbranched alkanes of at least 4 members (excludes halogenated alkanes) is 6. The fourth-order valence-corrected chi connectivity index (χ4v) is 2.78. The van der Waals surface area contributed by atoms with Crippen LogP contribution in [0, 0.1) is 5.92 Å². The zero-order chi connectivity index (χ0) is 23.1. The second kappa shape index (κ2) is 14.7. The Hall–Kier alpha value is -2.31. The van der Waals surface area contributed by atoms with Gasteiger partial charge in [0.15, 0.2) is 0 Å². The molecule has 1 N–H and O–H groups in total. The highest BCUT2D eigenvalue weighted by Crippen LogP contribution is 2.28. The second-order valence-corrected chi connectivity index (χ2v) is 8.05. The molecule has 31 heavy (non-hydrogen) atoms. The average molecular weight is 441 g/mol. The highest BCUT2D eigenvalue weighted by Gasteiger charge is 2.32. The van der Waals surface area contributed by atoms with Crippen molar-refractivity contribution < 1.29 is 22.7 Å². The van der Waals surface area contributed by atoms with Crippen LogP contribution in [0.1, 0.15) is 71.4 Å². The van der Waals surface area contributed by atoms with E-state index < -0.39 is 11.9 Å². The molecule has 0 radical (unpaired) electrons. The molecule has 0 aromatic carbocycles. The van der Waals surface area contributed by atoms with Crippen LogP contribution in [-0.4, -0.2) is 24.0 Å². The monoisotopic (exact) mass is 440 g/mol. The van der Waals surface area contributed by atoms with Crippen LogP contribution >= 0.6 is 0 Å². The van der Waals surface area contributed by atoms with E-state index in [-0.39, 0.29) is 11.8 Å². The van der Waals surface area contributed by atoms with Crippen molar-refractivity contribution in [3.63, 3.8) is 0 Å². The molecule has 1 rings (SSSR count). The number of nitrogens with one attached hydrogen (secondary N) is 1. The maximum atomic E-state index is 12.6. The summed E-state index contributed by atoms with van der Waals surface area (Å²) < 4.78 is 43.1. The summed E-state index contributed by atoms with van der Waals surface area (Å²) in [5.74, 6) is 0.403. The summed E-state index contributed by atoms with van der Waals surface area (Å²) >= 11 is 0. The van der Waals surface area contributed by atoms with Crippen molar-refractivity contribution in [3.8, 4) is 5.88 Å². The third-order valence-electron chi connectivity index (χ3n) is 4.45. The predicted octanol–water partition coefficient (Wildman–Crippen LogP) is 6.48. The van der Waals surface area contributed by atoms with E-state index in [0.29, 0.717) is 19.1 Å². The molecule has 0 spiro atoms. The number of nitrogens with zero attached hydrogens (tertiary/aromatic N) is 1. The van der Waals surface area contributed by atoms with E-state index >= 15 is 0 Å². The summed E-state index contributed by atoms with van der Waals surface area (Å²) in [6.45, 7) is 7.09. The van der Waals surface area contributed by atoms with Crippen LogP contribution in [0.4, 0.5) is 13.2 Å². The molecule has 0 aliphatic heterocycles. The largest absolute Gasteiger partial charge is 0.478 e. The molecule has 0 unspecified atom stereocenters. The zero-order valence-electron chi connectivity index (χ0n) is 18.8. The Bertz CT molecular complexity index is 713. The summed E-state index contributed by atoms with van der Waals surface area (Å²) in [5.41, 5.74) is 0.00985. The molecule has 7 heteroatoms. The molecular formula is C24H35F3N2O2. The van der Waals surface area contributed by atoms with Crippen LogP contribution in [0.25, 0.3) is 0 Å². The molecule has 1 heterocycles. The normalized spacial score (nSPS) is 12.5. The van der Waals surface area contributed by atoms with Gasteiger partial charge >= 0.3 is 6.18 Å². The Morgan fingerprint density at radius 1 is 1.13 bits per heavy atom. The lowest BCUT2D eigenvalue weighted by molar-refractivity contribution is -0.141. The minimum absolute atomic E-state index is 0.0170. The van der Waals surface area contributed by atoms with Gasteiger partial charge in [0.05, 0.1) is 6.61 Å². The fraction of sp³-hybridized carbons (Fsp3) is 0.583. The third kappa shape index (κ3) is 13.6. The van der Waals surface area contributed by atoms with Gasteiger partial charge in [0.2, 0.25) is 11.8 Å². The van der Waals surface area contributed by atoms with Gasteiger partial charge < -0.3 is 10.1 Å². The summed E-state index contributed by atoms with van der Waals surface area (Å²) in [6, 6.07) is 3.68. The third-order valence-corrected chi connectivity index (χ3v) is 4.45. The van der Waals surface area contributed by atoms with Gasteiger partial charge in [-0.2, -0.15) is 13.2 Å². The molecule has 174 valence electrons. The lowest BCUT2D eigenvalue weighted by Gasteiger charge is -2.09. The van der Waals surface area contributed by atoms with Crippen molar-refractivity contribution in [1.82, 2.24) is 10.3 Å². The molecular weight excluding hydrogens is 405 g/mol. The van der Waals surface area contributed by atoms with E-state index in [4.69, 9.17) is 4.74 Å². The summed E-state index contributed by atoms with van der Waals surface area (Å²) in [4.78, 5) is 15.2. The number of ether oxygens (including phenoxy) is 1. The highest BCUT2D eigenvalue weighted by molar-refractivity contribution is 5.88. The van der Waals surface area contributed by atoms with E-state index in [1.807, 2.05) is 13.0 Å². The van der Waals surface area contributed by atoms with Crippen LogP contribution in [-0.2, 0) is 11.0 Å². The number of halogens is 3. The Morgan fingerprint density at radius 3 is 2.48 bits per heavy atom. The number of hydrogen-bond acceptors (Lipinski definition) is 3. The molecule has 1 aromatic heterocycles. The van der Waals surface area contributed by atoms with Crippen molar-refractivity contribution >= 4 is 5.91 Å². The second-order valence-electron chi connectivity index (χ2n) is 8.05. The van der Waals surface area contributed by atoms with Gasteiger partial charge in [-0.05, 0) is 43.7 Å². The first-order valence-corrected chi connectivity index (χ1v) is 11.0. The first kappa shape index (κ1) is 26.7. The fourth-order valence-electron chi connectivity index (χ4n) is 2.78. The maximum absolute atomic E-state index is 12.6. The summed E-state index contributed by atoms with van der Waals surface area (Å²) in [6.07, 6.45) is 8.38. The quantitative estimate of drug-likeness (QED) is 0.204.